The molecule has 0 saturated carbocycles. The van der Waals surface area contributed by atoms with Crippen LogP contribution in [0.15, 0.2) is 78.9 Å². The van der Waals surface area contributed by atoms with E-state index < -0.39 is 0 Å². The van der Waals surface area contributed by atoms with Crippen molar-refractivity contribution in [2.24, 2.45) is 0 Å². The fourth-order valence-corrected chi connectivity index (χ4v) is 2.55. The van der Waals surface area contributed by atoms with Crippen LogP contribution in [0.25, 0.3) is 11.1 Å². The lowest BCUT2D eigenvalue weighted by molar-refractivity contribution is 0.102. The average Bonchev–Trinajstić information content (AvgIpc) is 2.64. The van der Waals surface area contributed by atoms with Crippen LogP contribution < -0.4 is 5.32 Å². The first kappa shape index (κ1) is 15.5. The van der Waals surface area contributed by atoms with Crippen molar-refractivity contribution >= 4 is 11.6 Å². The second-order valence-corrected chi connectivity index (χ2v) is 5.40. The van der Waals surface area contributed by atoms with Gasteiger partial charge >= 0.3 is 0 Å². The fraction of sp³-hybridized carbons (Fsp3) is 0.0476. The van der Waals surface area contributed by atoms with Gasteiger partial charge in [-0.2, -0.15) is 5.26 Å². The number of nitrogens with one attached hydrogen (secondary N) is 1. The third kappa shape index (κ3) is 3.50. The molecule has 3 aromatic carbocycles. The maximum absolute atomic E-state index is 12.7. The number of nitrogens with zero attached hydrogens (tertiary/aromatic N) is 1. The summed E-state index contributed by atoms with van der Waals surface area (Å²) in [5.41, 5.74) is 4.18. The molecule has 1 amide bonds. The van der Waals surface area contributed by atoms with E-state index >= 15 is 0 Å². The lowest BCUT2D eigenvalue weighted by atomic mass is 9.99. The van der Waals surface area contributed by atoms with Crippen LogP contribution in [-0.4, -0.2) is 5.91 Å². The summed E-state index contributed by atoms with van der Waals surface area (Å²) >= 11 is 0. The maximum Gasteiger partial charge on any atom is 0.256 e. The highest BCUT2D eigenvalue weighted by Gasteiger charge is 2.12. The predicted octanol–water partition coefficient (Wildman–Crippen LogP) is 4.67. The zero-order valence-corrected chi connectivity index (χ0v) is 13.1. The average molecular weight is 312 g/mol. The molecule has 0 unspecified atom stereocenters. The Balaban J connectivity index is 1.85. The number of carbonyl (C=O) groups excluding carboxylic acids is 1. The molecule has 0 aliphatic rings. The van der Waals surface area contributed by atoms with E-state index in [2.05, 4.69) is 11.4 Å². The zero-order chi connectivity index (χ0) is 16.8. The smallest absolute Gasteiger partial charge is 0.256 e. The van der Waals surface area contributed by atoms with Crippen molar-refractivity contribution in [2.75, 3.05) is 5.32 Å². The van der Waals surface area contributed by atoms with Crippen LogP contribution in [0.4, 0.5) is 5.69 Å². The summed E-state index contributed by atoms with van der Waals surface area (Å²) in [6.45, 7) is 0. The molecule has 116 valence electrons. The van der Waals surface area contributed by atoms with Crippen LogP contribution in [0.3, 0.4) is 0 Å². The van der Waals surface area contributed by atoms with Crippen molar-refractivity contribution in [1.82, 2.24) is 0 Å². The van der Waals surface area contributed by atoms with Gasteiger partial charge in [-0.05, 0) is 34.9 Å². The summed E-state index contributed by atoms with van der Waals surface area (Å²) in [6, 6.07) is 26.8. The Hall–Kier alpha value is -3.38. The highest BCUT2D eigenvalue weighted by atomic mass is 16.1. The molecule has 0 aromatic heterocycles. The quantitative estimate of drug-likeness (QED) is 0.761. The maximum atomic E-state index is 12.7. The molecule has 0 atom stereocenters. The van der Waals surface area contributed by atoms with Gasteiger partial charge < -0.3 is 5.32 Å². The molecule has 0 spiro atoms. The number of hydrogen-bond acceptors (Lipinski definition) is 2. The van der Waals surface area contributed by atoms with E-state index in [9.17, 15) is 4.79 Å². The second kappa shape index (κ2) is 7.26. The molecule has 0 radical (unpaired) electrons. The first-order chi connectivity index (χ1) is 11.8. The molecular formula is C21H16N2O. The molecule has 24 heavy (non-hydrogen) atoms. The minimum Gasteiger partial charge on any atom is -0.322 e. The van der Waals surface area contributed by atoms with E-state index in [4.69, 9.17) is 5.26 Å². The molecule has 3 heteroatoms. The summed E-state index contributed by atoms with van der Waals surface area (Å²) < 4.78 is 0. The number of anilines is 1. The van der Waals surface area contributed by atoms with E-state index in [0.29, 0.717) is 17.7 Å². The van der Waals surface area contributed by atoms with Crippen LogP contribution in [-0.2, 0) is 6.42 Å². The number of rotatable bonds is 4. The molecule has 3 aromatic rings. The van der Waals surface area contributed by atoms with Crippen molar-refractivity contribution in [1.29, 1.82) is 5.26 Å². The van der Waals surface area contributed by atoms with Crippen LogP contribution in [0, 0.1) is 11.3 Å². The Bertz CT molecular complexity index is 878. The SMILES string of the molecule is N#CCc1ccc(NC(=O)c2ccccc2-c2ccccc2)cc1. The van der Waals surface area contributed by atoms with Gasteiger partial charge in [-0.1, -0.05) is 60.7 Å². The van der Waals surface area contributed by atoms with Gasteiger partial charge in [0.05, 0.1) is 12.5 Å². The lowest BCUT2D eigenvalue weighted by Gasteiger charge is -2.10. The zero-order valence-electron chi connectivity index (χ0n) is 13.1. The molecular weight excluding hydrogens is 296 g/mol. The van der Waals surface area contributed by atoms with Crippen molar-refractivity contribution in [3.05, 3.63) is 90.0 Å². The van der Waals surface area contributed by atoms with Crippen LogP contribution in [0.1, 0.15) is 15.9 Å². The summed E-state index contributed by atoms with van der Waals surface area (Å²) in [7, 11) is 0. The molecule has 0 aliphatic carbocycles. The van der Waals surface area contributed by atoms with Crippen LogP contribution in [0.2, 0.25) is 0 Å². The van der Waals surface area contributed by atoms with Gasteiger partial charge in [0.15, 0.2) is 0 Å². The molecule has 0 saturated heterocycles. The number of carbonyl (C=O) groups is 1. The third-order valence-electron chi connectivity index (χ3n) is 3.75. The number of hydrogen-bond donors (Lipinski definition) is 1. The number of nitriles is 1. The van der Waals surface area contributed by atoms with E-state index in [1.165, 1.54) is 0 Å². The molecule has 0 heterocycles. The summed E-state index contributed by atoms with van der Waals surface area (Å²) in [5.74, 6) is -0.150. The molecule has 0 aliphatic heterocycles. The molecule has 3 rings (SSSR count). The minimum atomic E-state index is -0.150. The lowest BCUT2D eigenvalue weighted by Crippen LogP contribution is -2.13. The van der Waals surface area contributed by atoms with Gasteiger partial charge in [-0.3, -0.25) is 4.79 Å². The Labute approximate surface area is 141 Å². The molecule has 1 N–H and O–H groups in total. The standard InChI is InChI=1S/C21H16N2O/c22-15-14-16-10-12-18(13-11-16)23-21(24)20-9-5-4-8-19(20)17-6-2-1-3-7-17/h1-13H,14H2,(H,23,24). The van der Waals surface area contributed by atoms with Gasteiger partial charge in [0.1, 0.15) is 0 Å². The molecule has 3 nitrogen and oxygen atoms in total. The van der Waals surface area contributed by atoms with Gasteiger partial charge in [-0.25, -0.2) is 0 Å². The summed E-state index contributed by atoms with van der Waals surface area (Å²) in [5, 5.41) is 11.6. The van der Waals surface area contributed by atoms with E-state index in [1.54, 1.807) is 0 Å². The largest absolute Gasteiger partial charge is 0.322 e. The Morgan fingerprint density at radius 3 is 2.25 bits per heavy atom. The fourth-order valence-electron chi connectivity index (χ4n) is 2.55. The topological polar surface area (TPSA) is 52.9 Å². The minimum absolute atomic E-state index is 0.150. The van der Waals surface area contributed by atoms with E-state index in [0.717, 1.165) is 16.7 Å². The monoisotopic (exact) mass is 312 g/mol. The molecule has 0 fully saturated rings. The van der Waals surface area contributed by atoms with Crippen molar-refractivity contribution in [3.63, 3.8) is 0 Å². The second-order valence-electron chi connectivity index (χ2n) is 5.40. The third-order valence-corrected chi connectivity index (χ3v) is 3.75. The number of amides is 1. The predicted molar refractivity (Wildman–Crippen MR) is 95.6 cm³/mol. The van der Waals surface area contributed by atoms with Crippen molar-refractivity contribution < 1.29 is 4.79 Å². The number of benzene rings is 3. The van der Waals surface area contributed by atoms with Crippen LogP contribution in [0.5, 0.6) is 0 Å². The van der Waals surface area contributed by atoms with Crippen molar-refractivity contribution in [2.45, 2.75) is 6.42 Å². The van der Waals surface area contributed by atoms with Crippen molar-refractivity contribution in [3.8, 4) is 17.2 Å². The highest BCUT2D eigenvalue weighted by molar-refractivity contribution is 6.08. The van der Waals surface area contributed by atoms with Gasteiger partial charge in [0.2, 0.25) is 0 Å². The van der Waals surface area contributed by atoms with E-state index in [-0.39, 0.29) is 5.91 Å². The van der Waals surface area contributed by atoms with Crippen LogP contribution >= 0.6 is 0 Å². The Kier molecular flexibility index (Phi) is 4.69. The van der Waals surface area contributed by atoms with Gasteiger partial charge in [0, 0.05) is 11.3 Å². The Morgan fingerprint density at radius 1 is 0.875 bits per heavy atom. The summed E-state index contributed by atoms with van der Waals surface area (Å²) in [4.78, 5) is 12.7. The van der Waals surface area contributed by atoms with Gasteiger partial charge in [-0.15, -0.1) is 0 Å². The normalized spacial score (nSPS) is 9.96. The highest BCUT2D eigenvalue weighted by Crippen LogP contribution is 2.24. The van der Waals surface area contributed by atoms with E-state index in [1.807, 2.05) is 78.9 Å². The first-order valence-electron chi connectivity index (χ1n) is 7.69. The Morgan fingerprint density at radius 2 is 1.54 bits per heavy atom. The molecule has 0 bridgehead atoms. The van der Waals surface area contributed by atoms with Gasteiger partial charge in [0.25, 0.3) is 5.91 Å². The first-order valence-corrected chi connectivity index (χ1v) is 7.69. The summed E-state index contributed by atoms with van der Waals surface area (Å²) in [6.07, 6.45) is 0.366.